The molecule has 1 aliphatic carbocycles. The van der Waals surface area contributed by atoms with Gasteiger partial charge in [0.05, 0.1) is 0 Å². The van der Waals surface area contributed by atoms with Crippen LogP contribution in [0.15, 0.2) is 18.3 Å². The molecule has 1 amide bonds. The number of anilines is 3. The summed E-state index contributed by atoms with van der Waals surface area (Å²) in [6.45, 7) is 2.84. The number of nitrogens with one attached hydrogen (secondary N) is 2. The molecule has 2 aromatic rings. The van der Waals surface area contributed by atoms with Crippen LogP contribution in [0.3, 0.4) is 0 Å². The molecule has 0 aromatic carbocycles. The molecule has 9 heteroatoms. The Kier molecular flexibility index (Phi) is 4.52. The third-order valence-electron chi connectivity index (χ3n) is 6.56. The molecule has 0 bridgehead atoms. The van der Waals surface area contributed by atoms with Crippen LogP contribution in [0.25, 0.3) is 0 Å². The van der Waals surface area contributed by atoms with Crippen LogP contribution in [0, 0.1) is 5.41 Å². The number of aromatic nitrogens is 4. The summed E-state index contributed by atoms with van der Waals surface area (Å²) >= 11 is 0. The van der Waals surface area contributed by atoms with Crippen molar-refractivity contribution in [3.63, 3.8) is 0 Å². The minimum absolute atomic E-state index is 0.0435. The lowest BCUT2D eigenvalue weighted by molar-refractivity contribution is 0.0580. The summed E-state index contributed by atoms with van der Waals surface area (Å²) in [5.41, 5.74) is 1.24. The lowest BCUT2D eigenvalue weighted by atomic mass is 9.73. The van der Waals surface area contributed by atoms with Crippen LogP contribution in [-0.4, -0.2) is 62.4 Å². The number of nitrogens with zero attached hydrogens (tertiary/aromatic N) is 5. The van der Waals surface area contributed by atoms with Crippen LogP contribution in [0.4, 0.5) is 22.4 Å². The highest BCUT2D eigenvalue weighted by Gasteiger charge is 2.47. The smallest absolute Gasteiger partial charge is 0.407 e. The summed E-state index contributed by atoms with van der Waals surface area (Å²) < 4.78 is 0. The Labute approximate surface area is 169 Å². The standard InChI is InChI=1S/C20H27N7O2/c28-19(29)26-9-3-7-20(11-26)12-27(13-20)18-21-8-6-16(23-18)22-17-10-15(24-25-17)14-4-1-2-5-14/h6,8,10,14H,1-5,7,9,11-13H2,(H,28,29)(H2,21,22,23,24,25). The molecule has 0 atom stereocenters. The molecule has 9 nitrogen and oxygen atoms in total. The number of rotatable bonds is 4. The van der Waals surface area contributed by atoms with E-state index >= 15 is 0 Å². The molecule has 3 N–H and O–H groups in total. The van der Waals surface area contributed by atoms with Crippen LogP contribution in [-0.2, 0) is 0 Å². The zero-order valence-electron chi connectivity index (χ0n) is 16.5. The van der Waals surface area contributed by atoms with Gasteiger partial charge in [0.1, 0.15) is 5.82 Å². The maximum atomic E-state index is 11.3. The van der Waals surface area contributed by atoms with Crippen LogP contribution in [0.2, 0.25) is 0 Å². The Morgan fingerprint density at radius 2 is 2.03 bits per heavy atom. The molecule has 2 aliphatic heterocycles. The fourth-order valence-electron chi connectivity index (χ4n) is 5.08. The number of likely N-dealkylation sites (tertiary alicyclic amines) is 1. The first-order valence-electron chi connectivity index (χ1n) is 10.5. The third-order valence-corrected chi connectivity index (χ3v) is 6.56. The molecule has 29 heavy (non-hydrogen) atoms. The zero-order valence-corrected chi connectivity index (χ0v) is 16.5. The second-order valence-corrected chi connectivity index (χ2v) is 8.72. The Balaban J connectivity index is 1.22. The summed E-state index contributed by atoms with van der Waals surface area (Å²) in [7, 11) is 0. The van der Waals surface area contributed by atoms with Gasteiger partial charge in [0.25, 0.3) is 0 Å². The predicted octanol–water partition coefficient (Wildman–Crippen LogP) is 3.18. The van der Waals surface area contributed by atoms with E-state index < -0.39 is 6.09 Å². The van der Waals surface area contributed by atoms with Crippen molar-refractivity contribution < 1.29 is 9.90 Å². The number of hydrogen-bond donors (Lipinski definition) is 3. The number of aromatic amines is 1. The normalized spacial score (nSPS) is 21.4. The molecule has 1 spiro atoms. The van der Waals surface area contributed by atoms with Gasteiger partial charge >= 0.3 is 6.09 Å². The van der Waals surface area contributed by atoms with Crippen molar-refractivity contribution in [3.05, 3.63) is 24.0 Å². The van der Waals surface area contributed by atoms with Crippen molar-refractivity contribution in [2.45, 2.75) is 44.4 Å². The van der Waals surface area contributed by atoms with Gasteiger partial charge < -0.3 is 20.2 Å². The van der Waals surface area contributed by atoms with Crippen LogP contribution in [0.1, 0.15) is 50.1 Å². The van der Waals surface area contributed by atoms with Gasteiger partial charge in [-0.1, -0.05) is 12.8 Å². The first kappa shape index (κ1) is 18.2. The highest BCUT2D eigenvalue weighted by molar-refractivity contribution is 5.65. The summed E-state index contributed by atoms with van der Waals surface area (Å²) in [4.78, 5) is 24.0. The van der Waals surface area contributed by atoms with Crippen molar-refractivity contribution in [2.24, 2.45) is 5.41 Å². The van der Waals surface area contributed by atoms with Crippen LogP contribution >= 0.6 is 0 Å². The summed E-state index contributed by atoms with van der Waals surface area (Å²) in [6, 6.07) is 3.93. The van der Waals surface area contributed by atoms with E-state index in [2.05, 4.69) is 36.4 Å². The Morgan fingerprint density at radius 3 is 2.83 bits per heavy atom. The SMILES string of the molecule is O=C(O)N1CCCC2(C1)CN(c1nccc(Nc3cc(C4CCCC4)[nH]n3)n1)C2. The first-order chi connectivity index (χ1) is 14.1. The summed E-state index contributed by atoms with van der Waals surface area (Å²) in [5, 5.41) is 20.1. The quantitative estimate of drug-likeness (QED) is 0.727. The fourth-order valence-corrected chi connectivity index (χ4v) is 5.08. The van der Waals surface area contributed by atoms with Crippen molar-refractivity contribution in [3.8, 4) is 0 Å². The molecular weight excluding hydrogens is 370 g/mol. The maximum Gasteiger partial charge on any atom is 0.407 e. The molecule has 3 aliphatic rings. The summed E-state index contributed by atoms with van der Waals surface area (Å²) in [6.07, 6.45) is 7.97. The van der Waals surface area contributed by atoms with Crippen molar-refractivity contribution >= 4 is 23.7 Å². The molecule has 2 aromatic heterocycles. The lowest BCUT2D eigenvalue weighted by Gasteiger charge is -2.54. The molecule has 4 heterocycles. The minimum atomic E-state index is -0.819. The van der Waals surface area contributed by atoms with E-state index in [9.17, 15) is 9.90 Å². The Morgan fingerprint density at radius 1 is 1.21 bits per heavy atom. The van der Waals surface area contributed by atoms with E-state index in [-0.39, 0.29) is 5.41 Å². The van der Waals surface area contributed by atoms with Gasteiger partial charge in [-0.15, -0.1) is 0 Å². The average Bonchev–Trinajstić information content (AvgIpc) is 3.38. The average molecular weight is 397 g/mol. The van der Waals surface area contributed by atoms with Gasteiger partial charge in [-0.3, -0.25) is 5.10 Å². The number of carbonyl (C=O) groups is 1. The highest BCUT2D eigenvalue weighted by atomic mass is 16.4. The van der Waals surface area contributed by atoms with E-state index in [0.29, 0.717) is 25.0 Å². The van der Waals surface area contributed by atoms with Crippen molar-refractivity contribution in [1.29, 1.82) is 0 Å². The van der Waals surface area contributed by atoms with Gasteiger partial charge in [-0.05, 0) is 31.7 Å². The second kappa shape index (κ2) is 7.20. The lowest BCUT2D eigenvalue weighted by Crippen LogP contribution is -2.64. The highest BCUT2D eigenvalue weighted by Crippen LogP contribution is 2.40. The van der Waals surface area contributed by atoms with E-state index in [1.807, 2.05) is 6.07 Å². The monoisotopic (exact) mass is 397 g/mol. The van der Waals surface area contributed by atoms with E-state index in [1.165, 1.54) is 31.4 Å². The van der Waals surface area contributed by atoms with Gasteiger partial charge in [0, 0.05) is 55.5 Å². The molecule has 0 unspecified atom stereocenters. The third kappa shape index (κ3) is 3.61. The maximum absolute atomic E-state index is 11.3. The first-order valence-corrected chi connectivity index (χ1v) is 10.5. The van der Waals surface area contributed by atoms with Crippen molar-refractivity contribution in [2.75, 3.05) is 36.4 Å². The number of hydrogen-bond acceptors (Lipinski definition) is 6. The van der Waals surface area contributed by atoms with Crippen LogP contribution < -0.4 is 10.2 Å². The second-order valence-electron chi connectivity index (χ2n) is 8.72. The molecular formula is C20H27N7O2. The zero-order chi connectivity index (χ0) is 19.8. The molecule has 3 fully saturated rings. The topological polar surface area (TPSA) is 110 Å². The Bertz CT molecular complexity index is 886. The minimum Gasteiger partial charge on any atom is -0.465 e. The van der Waals surface area contributed by atoms with Crippen LogP contribution in [0.5, 0.6) is 0 Å². The van der Waals surface area contributed by atoms with Gasteiger partial charge in [0.15, 0.2) is 5.82 Å². The molecule has 1 saturated carbocycles. The number of H-pyrrole nitrogens is 1. The molecule has 0 radical (unpaired) electrons. The van der Waals surface area contributed by atoms with E-state index in [4.69, 9.17) is 0 Å². The van der Waals surface area contributed by atoms with E-state index in [1.54, 1.807) is 11.1 Å². The van der Waals surface area contributed by atoms with Crippen molar-refractivity contribution in [1.82, 2.24) is 25.1 Å². The van der Waals surface area contributed by atoms with Gasteiger partial charge in [-0.25, -0.2) is 9.78 Å². The predicted molar refractivity (Wildman–Crippen MR) is 109 cm³/mol. The van der Waals surface area contributed by atoms with Gasteiger partial charge in [0.2, 0.25) is 5.95 Å². The number of carboxylic acid groups (broad SMARTS) is 1. The number of amides is 1. The summed E-state index contributed by atoms with van der Waals surface area (Å²) in [5.74, 6) is 2.77. The largest absolute Gasteiger partial charge is 0.465 e. The van der Waals surface area contributed by atoms with Gasteiger partial charge in [-0.2, -0.15) is 10.1 Å². The number of piperidine rings is 1. The van der Waals surface area contributed by atoms with E-state index in [0.717, 1.165) is 37.6 Å². The Hall–Kier alpha value is -2.84. The molecule has 5 rings (SSSR count). The molecule has 154 valence electrons. The molecule has 2 saturated heterocycles. The fraction of sp³-hybridized carbons (Fsp3) is 0.600.